The first-order chi connectivity index (χ1) is 20.7. The number of oxazole rings is 1. The van der Waals surface area contributed by atoms with Gasteiger partial charge in [0, 0.05) is 23.2 Å². The number of phenols is 1. The molecule has 7 rings (SSSR count). The largest absolute Gasteiger partial charge is 0.507 e. The Bertz CT molecular complexity index is 2000. The highest BCUT2D eigenvalue weighted by molar-refractivity contribution is 5.95. The summed E-state index contributed by atoms with van der Waals surface area (Å²) in [6, 6.07) is 44.6. The fourth-order valence-corrected chi connectivity index (χ4v) is 5.60. The van der Waals surface area contributed by atoms with Gasteiger partial charge in [0.25, 0.3) is 0 Å². The second-order valence-corrected chi connectivity index (χ2v) is 10.4. The monoisotopic (exact) mass is 544 g/mol. The maximum Gasteiger partial charge on any atom is 0.231 e. The molecule has 1 unspecified atom stereocenters. The van der Waals surface area contributed by atoms with Gasteiger partial charge in [-0.2, -0.15) is 0 Å². The van der Waals surface area contributed by atoms with E-state index in [0.717, 1.165) is 44.6 Å². The molecule has 0 amide bonds. The van der Waals surface area contributed by atoms with Crippen LogP contribution in [-0.4, -0.2) is 15.1 Å². The molecular weight excluding hydrogens is 516 g/mol. The number of aromatic hydroxyl groups is 1. The molecule has 2 aromatic heterocycles. The van der Waals surface area contributed by atoms with Crippen molar-refractivity contribution in [2.75, 3.05) is 0 Å². The van der Waals surface area contributed by atoms with Crippen LogP contribution >= 0.6 is 0 Å². The molecule has 0 saturated heterocycles. The van der Waals surface area contributed by atoms with Crippen LogP contribution in [0.1, 0.15) is 24.0 Å². The van der Waals surface area contributed by atoms with E-state index in [1.807, 2.05) is 79.0 Å². The molecule has 202 valence electrons. The third kappa shape index (κ3) is 4.73. The van der Waals surface area contributed by atoms with Crippen molar-refractivity contribution in [3.05, 3.63) is 151 Å². The summed E-state index contributed by atoms with van der Waals surface area (Å²) >= 11 is 0. The molecule has 0 aliphatic rings. The first kappa shape index (κ1) is 25.5. The average molecular weight is 545 g/mol. The van der Waals surface area contributed by atoms with Gasteiger partial charge in [-0.05, 0) is 64.2 Å². The Labute approximate surface area is 244 Å². The van der Waals surface area contributed by atoms with Gasteiger partial charge in [-0.3, -0.25) is 4.98 Å². The highest BCUT2D eigenvalue weighted by Gasteiger charge is 2.22. The molecule has 2 heterocycles. The maximum absolute atomic E-state index is 10.9. The van der Waals surface area contributed by atoms with Gasteiger partial charge in [-0.1, -0.05) is 104 Å². The number of hydrogen-bond donors (Lipinski definition) is 1. The standard InChI is InChI=1S/C38H28N2O2/c1-25(26-11-4-2-5-12-26)31-19-21-35-37(36(31)30-16-10-15-29(23-30)33-17-8-9-22-39-33)40-38(42-35)32-24-28(18-20-34(32)41)27-13-6-3-7-14-27/h2-25,41H,1H3. The SMILES string of the molecule is CC(c1ccccc1)c1ccc2oc(-c3cc(-c4ccccc4)ccc3O)nc2c1-c1cccc(-c2ccccn2)c1. The minimum absolute atomic E-state index is 0.110. The number of nitrogens with zero attached hydrogens (tertiary/aromatic N) is 2. The highest BCUT2D eigenvalue weighted by atomic mass is 16.3. The van der Waals surface area contributed by atoms with Gasteiger partial charge < -0.3 is 9.52 Å². The lowest BCUT2D eigenvalue weighted by molar-refractivity contribution is 0.474. The van der Waals surface area contributed by atoms with E-state index in [2.05, 4.69) is 66.5 Å². The minimum atomic E-state index is 0.110. The smallest absolute Gasteiger partial charge is 0.231 e. The van der Waals surface area contributed by atoms with E-state index in [1.54, 1.807) is 6.07 Å². The Morgan fingerprint density at radius 2 is 1.38 bits per heavy atom. The fraction of sp³-hybridized carbons (Fsp3) is 0.0526. The van der Waals surface area contributed by atoms with Crippen LogP contribution in [0.2, 0.25) is 0 Å². The van der Waals surface area contributed by atoms with Crippen molar-refractivity contribution in [1.82, 2.24) is 9.97 Å². The number of aromatic nitrogens is 2. The topological polar surface area (TPSA) is 59.2 Å². The molecule has 0 fully saturated rings. The molecule has 0 spiro atoms. The molecule has 0 aliphatic heterocycles. The van der Waals surface area contributed by atoms with Crippen molar-refractivity contribution < 1.29 is 9.52 Å². The van der Waals surface area contributed by atoms with E-state index in [0.29, 0.717) is 17.0 Å². The van der Waals surface area contributed by atoms with Gasteiger partial charge >= 0.3 is 0 Å². The predicted molar refractivity (Wildman–Crippen MR) is 169 cm³/mol. The van der Waals surface area contributed by atoms with Gasteiger partial charge in [0.15, 0.2) is 5.58 Å². The fourth-order valence-electron chi connectivity index (χ4n) is 5.60. The molecule has 0 radical (unpaired) electrons. The minimum Gasteiger partial charge on any atom is -0.507 e. The number of phenolic OH excluding ortho intramolecular Hbond substituents is 1. The summed E-state index contributed by atoms with van der Waals surface area (Å²) in [5.41, 5.74) is 10.4. The van der Waals surface area contributed by atoms with E-state index in [-0.39, 0.29) is 11.7 Å². The summed E-state index contributed by atoms with van der Waals surface area (Å²) < 4.78 is 6.36. The van der Waals surface area contributed by atoms with Crippen molar-refractivity contribution in [2.24, 2.45) is 0 Å². The molecule has 4 nitrogen and oxygen atoms in total. The first-order valence-corrected chi connectivity index (χ1v) is 14.0. The molecule has 0 bridgehead atoms. The second kappa shape index (κ2) is 10.8. The van der Waals surface area contributed by atoms with Crippen LogP contribution in [0.4, 0.5) is 0 Å². The lowest BCUT2D eigenvalue weighted by atomic mass is 9.86. The molecule has 1 N–H and O–H groups in total. The zero-order chi connectivity index (χ0) is 28.5. The van der Waals surface area contributed by atoms with Crippen LogP contribution in [0.5, 0.6) is 5.75 Å². The third-order valence-electron chi connectivity index (χ3n) is 7.81. The van der Waals surface area contributed by atoms with Crippen LogP contribution in [0.25, 0.3) is 56.1 Å². The van der Waals surface area contributed by atoms with Crippen LogP contribution in [0, 0.1) is 0 Å². The molecular formula is C38H28N2O2. The average Bonchev–Trinajstić information content (AvgIpc) is 3.50. The number of hydrogen-bond acceptors (Lipinski definition) is 4. The summed E-state index contributed by atoms with van der Waals surface area (Å²) in [6.45, 7) is 2.22. The molecule has 7 aromatic rings. The Kier molecular flexibility index (Phi) is 6.57. The van der Waals surface area contributed by atoms with Crippen molar-refractivity contribution in [3.63, 3.8) is 0 Å². The summed E-state index contributed by atoms with van der Waals surface area (Å²) in [5, 5.41) is 10.9. The third-order valence-corrected chi connectivity index (χ3v) is 7.81. The normalized spacial score (nSPS) is 11.9. The lowest BCUT2D eigenvalue weighted by Crippen LogP contribution is -2.00. The van der Waals surface area contributed by atoms with E-state index >= 15 is 0 Å². The second-order valence-electron chi connectivity index (χ2n) is 10.4. The quantitative estimate of drug-likeness (QED) is 0.226. The number of benzene rings is 5. The number of fused-ring (bicyclic) bond motifs is 1. The van der Waals surface area contributed by atoms with Crippen LogP contribution in [-0.2, 0) is 0 Å². The zero-order valence-corrected chi connectivity index (χ0v) is 23.1. The summed E-state index contributed by atoms with van der Waals surface area (Å²) in [7, 11) is 0. The van der Waals surface area contributed by atoms with E-state index in [9.17, 15) is 5.11 Å². The van der Waals surface area contributed by atoms with Crippen molar-refractivity contribution in [1.29, 1.82) is 0 Å². The van der Waals surface area contributed by atoms with Gasteiger partial charge in [0.1, 0.15) is 11.3 Å². The van der Waals surface area contributed by atoms with E-state index < -0.39 is 0 Å². The van der Waals surface area contributed by atoms with Crippen molar-refractivity contribution >= 4 is 11.1 Å². The Hall–Kier alpha value is -5.48. The molecule has 42 heavy (non-hydrogen) atoms. The highest BCUT2D eigenvalue weighted by Crippen LogP contribution is 2.42. The molecule has 4 heteroatoms. The van der Waals surface area contributed by atoms with Gasteiger partial charge in [0.2, 0.25) is 5.89 Å². The van der Waals surface area contributed by atoms with E-state index in [4.69, 9.17) is 9.40 Å². The Morgan fingerprint density at radius 3 is 2.17 bits per heavy atom. The van der Waals surface area contributed by atoms with Crippen molar-refractivity contribution in [2.45, 2.75) is 12.8 Å². The van der Waals surface area contributed by atoms with Crippen LogP contribution in [0.3, 0.4) is 0 Å². The summed E-state index contributed by atoms with van der Waals surface area (Å²) in [5.74, 6) is 0.615. The summed E-state index contributed by atoms with van der Waals surface area (Å²) in [4.78, 5) is 9.63. The summed E-state index contributed by atoms with van der Waals surface area (Å²) in [6.07, 6.45) is 1.81. The Morgan fingerprint density at radius 1 is 0.643 bits per heavy atom. The van der Waals surface area contributed by atoms with Gasteiger partial charge in [-0.15, -0.1) is 0 Å². The molecule has 1 atom stereocenters. The zero-order valence-electron chi connectivity index (χ0n) is 23.1. The van der Waals surface area contributed by atoms with Gasteiger partial charge in [0.05, 0.1) is 11.3 Å². The van der Waals surface area contributed by atoms with Crippen molar-refractivity contribution in [3.8, 4) is 50.7 Å². The first-order valence-electron chi connectivity index (χ1n) is 14.0. The van der Waals surface area contributed by atoms with Gasteiger partial charge in [-0.25, -0.2) is 4.98 Å². The lowest BCUT2D eigenvalue weighted by Gasteiger charge is -2.18. The predicted octanol–water partition coefficient (Wildman–Crippen LogP) is 9.75. The van der Waals surface area contributed by atoms with E-state index in [1.165, 1.54) is 5.56 Å². The number of pyridine rings is 1. The molecule has 0 saturated carbocycles. The molecule has 0 aliphatic carbocycles. The molecule has 5 aromatic carbocycles. The van der Waals surface area contributed by atoms with Crippen LogP contribution in [0.15, 0.2) is 144 Å². The van der Waals surface area contributed by atoms with Crippen LogP contribution < -0.4 is 0 Å². The maximum atomic E-state index is 10.9. The number of rotatable bonds is 6. The Balaban J connectivity index is 1.43.